The largest absolute Gasteiger partial charge is 0.482 e. The summed E-state index contributed by atoms with van der Waals surface area (Å²) in [6.07, 6.45) is 1.69. The average molecular weight is 532 g/mol. The zero-order valence-corrected chi connectivity index (χ0v) is 19.8. The van der Waals surface area contributed by atoms with Crippen LogP contribution in [0, 0.1) is 0 Å². The zero-order chi connectivity index (χ0) is 22.0. The van der Waals surface area contributed by atoms with Crippen LogP contribution in [0.5, 0.6) is 5.75 Å². The summed E-state index contributed by atoms with van der Waals surface area (Å²) in [6, 6.07) is 3.08. The Hall–Kier alpha value is -1.28. The van der Waals surface area contributed by atoms with Crippen molar-refractivity contribution in [2.45, 2.75) is 26.6 Å². The summed E-state index contributed by atoms with van der Waals surface area (Å²) >= 11 is 36.3. The third-order valence-electron chi connectivity index (χ3n) is 3.94. The van der Waals surface area contributed by atoms with Crippen LogP contribution in [0.4, 0.5) is 0 Å². The molecule has 6 nitrogen and oxygen atoms in total. The molecule has 0 aliphatic rings. The smallest absolute Gasteiger partial charge is 0.287 e. The minimum atomic E-state index is -0.433. The van der Waals surface area contributed by atoms with E-state index in [2.05, 4.69) is 10.4 Å². The van der Waals surface area contributed by atoms with Crippen LogP contribution in [-0.4, -0.2) is 15.7 Å². The number of nitrogens with zero attached hydrogens (tertiary/aromatic N) is 2. The Morgan fingerprint density at radius 1 is 1.07 bits per heavy atom. The lowest BCUT2D eigenvalue weighted by Gasteiger charge is -2.12. The maximum atomic E-state index is 12.3. The van der Waals surface area contributed by atoms with E-state index in [1.54, 1.807) is 16.9 Å². The van der Waals surface area contributed by atoms with Gasteiger partial charge in [-0.15, -0.1) is 0 Å². The highest BCUT2D eigenvalue weighted by molar-refractivity contribution is 6.55. The maximum absolute atomic E-state index is 12.3. The molecule has 160 valence electrons. The predicted molar refractivity (Wildman–Crippen MR) is 119 cm³/mol. The van der Waals surface area contributed by atoms with E-state index in [4.69, 9.17) is 78.8 Å². The van der Waals surface area contributed by atoms with Gasteiger partial charge in [0, 0.05) is 12.7 Å². The molecule has 0 saturated carbocycles. The number of hydrogen-bond acceptors (Lipinski definition) is 4. The molecular weight excluding hydrogens is 519 g/mol. The molecule has 0 unspecified atom stereocenters. The fourth-order valence-electron chi connectivity index (χ4n) is 2.40. The second-order valence-electron chi connectivity index (χ2n) is 5.92. The highest BCUT2D eigenvalue weighted by Crippen LogP contribution is 2.48. The zero-order valence-electron chi connectivity index (χ0n) is 15.2. The van der Waals surface area contributed by atoms with Crippen molar-refractivity contribution in [2.24, 2.45) is 0 Å². The molecule has 0 saturated heterocycles. The Kier molecular flexibility index (Phi) is 7.71. The van der Waals surface area contributed by atoms with E-state index >= 15 is 0 Å². The first-order valence-corrected chi connectivity index (χ1v) is 10.7. The average Bonchev–Trinajstić information content (AvgIpc) is 3.35. The van der Waals surface area contributed by atoms with E-state index in [0.29, 0.717) is 23.0 Å². The van der Waals surface area contributed by atoms with Crippen molar-refractivity contribution in [3.8, 4) is 5.75 Å². The van der Waals surface area contributed by atoms with Gasteiger partial charge < -0.3 is 14.5 Å². The van der Waals surface area contributed by atoms with Gasteiger partial charge in [-0.2, -0.15) is 5.10 Å². The summed E-state index contributed by atoms with van der Waals surface area (Å²) in [4.78, 5) is 12.3. The lowest BCUT2D eigenvalue weighted by atomic mass is 10.3. The van der Waals surface area contributed by atoms with E-state index in [-0.39, 0.29) is 49.8 Å². The quantitative estimate of drug-likeness (QED) is 0.265. The molecule has 0 aliphatic heterocycles. The molecular formula is C18H13Cl6N3O3. The number of benzene rings is 1. The first-order valence-electron chi connectivity index (χ1n) is 8.45. The van der Waals surface area contributed by atoms with Gasteiger partial charge in [-0.1, -0.05) is 69.6 Å². The summed E-state index contributed by atoms with van der Waals surface area (Å²) in [5.74, 6) is 0.0603. The van der Waals surface area contributed by atoms with E-state index < -0.39 is 5.91 Å². The number of rotatable bonds is 7. The molecule has 1 aromatic carbocycles. The SMILES string of the molecule is CCn1cc(Cl)c(CNC(=O)c2ccc(COc3c(Cl)c(Cl)c(Cl)c(Cl)c3Cl)o2)n1. The van der Waals surface area contributed by atoms with Gasteiger partial charge >= 0.3 is 0 Å². The van der Waals surface area contributed by atoms with Crippen molar-refractivity contribution >= 4 is 75.5 Å². The van der Waals surface area contributed by atoms with Crippen molar-refractivity contribution in [2.75, 3.05) is 0 Å². The van der Waals surface area contributed by atoms with E-state index in [1.165, 1.54) is 6.07 Å². The van der Waals surface area contributed by atoms with Crippen LogP contribution < -0.4 is 10.1 Å². The first kappa shape index (κ1) is 23.4. The molecule has 0 fully saturated rings. The molecule has 1 amide bonds. The summed E-state index contributed by atoms with van der Waals surface area (Å²) in [5.41, 5.74) is 0.558. The summed E-state index contributed by atoms with van der Waals surface area (Å²) < 4.78 is 12.8. The Morgan fingerprint density at radius 2 is 1.70 bits per heavy atom. The molecule has 3 aromatic rings. The normalized spacial score (nSPS) is 11.0. The Morgan fingerprint density at radius 3 is 2.30 bits per heavy atom. The monoisotopic (exact) mass is 529 g/mol. The van der Waals surface area contributed by atoms with E-state index in [0.717, 1.165) is 0 Å². The number of hydrogen-bond donors (Lipinski definition) is 1. The second-order valence-corrected chi connectivity index (χ2v) is 8.21. The van der Waals surface area contributed by atoms with Crippen LogP contribution in [0.2, 0.25) is 30.1 Å². The third-order valence-corrected chi connectivity index (χ3v) is 6.50. The number of ether oxygens (including phenoxy) is 1. The standard InChI is InChI=1S/C18H13Cl6N3O3/c1-2-27-6-9(19)10(26-27)5-25-18(28)11-4-3-8(30-11)7-29-17-15(23)13(21)12(20)14(22)16(17)24/h3-4,6H,2,5,7H2,1H3,(H,25,28). The van der Waals surface area contributed by atoms with Crippen LogP contribution >= 0.6 is 69.6 Å². The highest BCUT2D eigenvalue weighted by atomic mass is 35.5. The fraction of sp³-hybridized carbons (Fsp3) is 0.222. The van der Waals surface area contributed by atoms with Gasteiger partial charge in [0.1, 0.15) is 28.1 Å². The van der Waals surface area contributed by atoms with Crippen molar-refractivity contribution < 1.29 is 13.9 Å². The Labute approximate surface area is 201 Å². The van der Waals surface area contributed by atoms with Gasteiger partial charge in [0.25, 0.3) is 5.91 Å². The van der Waals surface area contributed by atoms with Gasteiger partial charge in [-0.05, 0) is 19.1 Å². The topological polar surface area (TPSA) is 69.3 Å². The number of nitrogens with one attached hydrogen (secondary N) is 1. The number of aromatic nitrogens is 2. The van der Waals surface area contributed by atoms with Crippen LogP contribution in [0.3, 0.4) is 0 Å². The number of carbonyl (C=O) groups is 1. The minimum absolute atomic E-state index is 0.0176. The second kappa shape index (κ2) is 9.90. The molecule has 0 aliphatic carbocycles. The molecule has 1 N–H and O–H groups in total. The van der Waals surface area contributed by atoms with Crippen LogP contribution in [0.1, 0.15) is 28.9 Å². The van der Waals surface area contributed by atoms with E-state index in [1.807, 2.05) is 6.92 Å². The molecule has 0 spiro atoms. The van der Waals surface area contributed by atoms with Gasteiger partial charge in [0.05, 0.1) is 26.6 Å². The highest BCUT2D eigenvalue weighted by Gasteiger charge is 2.21. The maximum Gasteiger partial charge on any atom is 0.287 e. The number of carbonyl (C=O) groups excluding carboxylic acids is 1. The van der Waals surface area contributed by atoms with Crippen LogP contribution in [0.25, 0.3) is 0 Å². The molecule has 30 heavy (non-hydrogen) atoms. The van der Waals surface area contributed by atoms with Gasteiger partial charge in [-0.3, -0.25) is 9.48 Å². The molecule has 2 aromatic heterocycles. The van der Waals surface area contributed by atoms with Crippen LogP contribution in [0.15, 0.2) is 22.7 Å². The van der Waals surface area contributed by atoms with E-state index in [9.17, 15) is 4.79 Å². The third kappa shape index (κ3) is 4.96. The van der Waals surface area contributed by atoms with Crippen LogP contribution in [-0.2, 0) is 19.7 Å². The van der Waals surface area contributed by atoms with Crippen molar-refractivity contribution in [3.63, 3.8) is 0 Å². The lowest BCUT2D eigenvalue weighted by molar-refractivity contribution is 0.0918. The Bertz CT molecular complexity index is 1070. The fourth-order valence-corrected chi connectivity index (χ4v) is 3.85. The number of furan rings is 1. The van der Waals surface area contributed by atoms with Gasteiger partial charge in [-0.25, -0.2) is 0 Å². The predicted octanol–water partition coefficient (Wildman–Crippen LogP) is 6.93. The lowest BCUT2D eigenvalue weighted by Crippen LogP contribution is -2.22. The van der Waals surface area contributed by atoms with Crippen molar-refractivity contribution in [3.05, 3.63) is 65.7 Å². The summed E-state index contributed by atoms with van der Waals surface area (Å²) in [6.45, 7) is 2.69. The first-order chi connectivity index (χ1) is 14.2. The summed E-state index contributed by atoms with van der Waals surface area (Å²) in [5, 5.41) is 7.53. The molecule has 0 radical (unpaired) electrons. The molecule has 0 bridgehead atoms. The van der Waals surface area contributed by atoms with Gasteiger partial charge in [0.2, 0.25) is 0 Å². The molecule has 0 atom stereocenters. The van der Waals surface area contributed by atoms with Crippen molar-refractivity contribution in [1.29, 1.82) is 0 Å². The Balaban J connectivity index is 1.64. The molecule has 12 heteroatoms. The number of amides is 1. The number of aryl methyl sites for hydroxylation is 1. The summed E-state index contributed by atoms with van der Waals surface area (Å²) in [7, 11) is 0. The molecule has 3 rings (SSSR count). The van der Waals surface area contributed by atoms with Gasteiger partial charge in [0.15, 0.2) is 11.5 Å². The molecule has 2 heterocycles. The minimum Gasteiger partial charge on any atom is -0.482 e. The number of halogens is 6. The van der Waals surface area contributed by atoms with Crippen molar-refractivity contribution in [1.82, 2.24) is 15.1 Å².